The number of aryl methyl sites for hydroxylation is 1. The van der Waals surface area contributed by atoms with Crippen molar-refractivity contribution in [3.8, 4) is 5.75 Å². The summed E-state index contributed by atoms with van der Waals surface area (Å²) < 4.78 is 10.7. The highest BCUT2D eigenvalue weighted by Crippen LogP contribution is 2.23. The van der Waals surface area contributed by atoms with E-state index < -0.39 is 18.0 Å². The summed E-state index contributed by atoms with van der Waals surface area (Å²) >= 11 is 1.59. The van der Waals surface area contributed by atoms with E-state index in [0.717, 1.165) is 4.88 Å². The number of carbonyl (C=O) groups excluding carboxylic acids is 2. The summed E-state index contributed by atoms with van der Waals surface area (Å²) in [5.41, 5.74) is 1.19. The normalized spacial score (nSPS) is 11.5. The van der Waals surface area contributed by atoms with E-state index in [0.29, 0.717) is 23.4 Å². The standard InChI is InChI=1S/C22H21NO4S/c1-26-18-10-5-9-17(15-18)23-22(25)21(16-7-3-2-4-8-16)27-20(24)13-12-19-11-6-14-28-19/h2-11,14-15,21H,12-13H2,1H3,(H,23,25)/t21-/m1/s1. The summed E-state index contributed by atoms with van der Waals surface area (Å²) in [7, 11) is 1.56. The number of hydrogen-bond donors (Lipinski definition) is 1. The Labute approximate surface area is 167 Å². The number of rotatable bonds is 8. The Balaban J connectivity index is 1.71. The molecule has 1 N–H and O–H groups in total. The molecule has 28 heavy (non-hydrogen) atoms. The molecule has 3 aromatic rings. The van der Waals surface area contributed by atoms with E-state index in [4.69, 9.17) is 9.47 Å². The van der Waals surface area contributed by atoms with Gasteiger partial charge < -0.3 is 14.8 Å². The van der Waals surface area contributed by atoms with Gasteiger partial charge in [-0.15, -0.1) is 11.3 Å². The number of benzene rings is 2. The Morgan fingerprint density at radius 2 is 1.86 bits per heavy atom. The largest absolute Gasteiger partial charge is 0.497 e. The van der Waals surface area contributed by atoms with Gasteiger partial charge in [0.05, 0.1) is 13.5 Å². The molecule has 1 heterocycles. The maximum atomic E-state index is 12.9. The lowest BCUT2D eigenvalue weighted by atomic mass is 10.1. The number of carbonyl (C=O) groups is 2. The first-order valence-corrected chi connectivity index (χ1v) is 9.75. The number of ether oxygens (including phenoxy) is 2. The van der Waals surface area contributed by atoms with Crippen LogP contribution in [-0.2, 0) is 20.7 Å². The SMILES string of the molecule is COc1cccc(NC(=O)[C@H](OC(=O)CCc2cccs2)c2ccccc2)c1. The van der Waals surface area contributed by atoms with Crippen LogP contribution in [0.3, 0.4) is 0 Å². The Morgan fingerprint density at radius 1 is 1.04 bits per heavy atom. The summed E-state index contributed by atoms with van der Waals surface area (Å²) in [4.78, 5) is 26.3. The number of thiophene rings is 1. The van der Waals surface area contributed by atoms with Gasteiger partial charge in [0, 0.05) is 22.2 Å². The van der Waals surface area contributed by atoms with Crippen molar-refractivity contribution >= 4 is 28.9 Å². The molecule has 0 saturated carbocycles. The zero-order valence-corrected chi connectivity index (χ0v) is 16.3. The highest BCUT2D eigenvalue weighted by molar-refractivity contribution is 7.09. The van der Waals surface area contributed by atoms with Crippen LogP contribution in [0.15, 0.2) is 72.1 Å². The molecule has 0 aliphatic carbocycles. The van der Waals surface area contributed by atoms with E-state index >= 15 is 0 Å². The van der Waals surface area contributed by atoms with Crippen molar-refractivity contribution in [1.82, 2.24) is 0 Å². The second kappa shape index (κ2) is 9.71. The van der Waals surface area contributed by atoms with Crippen molar-refractivity contribution in [2.24, 2.45) is 0 Å². The second-order valence-electron chi connectivity index (χ2n) is 6.08. The molecule has 6 heteroatoms. The van der Waals surface area contributed by atoms with E-state index in [1.807, 2.05) is 23.6 Å². The first kappa shape index (κ1) is 19.6. The lowest BCUT2D eigenvalue weighted by Gasteiger charge is -2.18. The van der Waals surface area contributed by atoms with Gasteiger partial charge in [-0.2, -0.15) is 0 Å². The zero-order valence-electron chi connectivity index (χ0n) is 15.5. The molecule has 1 amide bonds. The van der Waals surface area contributed by atoms with E-state index in [-0.39, 0.29) is 6.42 Å². The molecule has 144 valence electrons. The lowest BCUT2D eigenvalue weighted by Crippen LogP contribution is -2.26. The molecule has 1 aromatic heterocycles. The Kier molecular flexibility index (Phi) is 6.81. The molecule has 0 aliphatic heterocycles. The topological polar surface area (TPSA) is 64.6 Å². The number of hydrogen-bond acceptors (Lipinski definition) is 5. The van der Waals surface area contributed by atoms with E-state index in [2.05, 4.69) is 5.32 Å². The number of methoxy groups -OCH3 is 1. The maximum Gasteiger partial charge on any atom is 0.307 e. The third-order valence-corrected chi connectivity index (χ3v) is 5.02. The van der Waals surface area contributed by atoms with E-state index in [9.17, 15) is 9.59 Å². The summed E-state index contributed by atoms with van der Waals surface area (Å²) in [6, 6.07) is 19.9. The first-order chi connectivity index (χ1) is 13.7. The van der Waals surface area contributed by atoms with Crippen LogP contribution in [0.5, 0.6) is 5.75 Å². The van der Waals surface area contributed by atoms with Gasteiger partial charge >= 0.3 is 5.97 Å². The van der Waals surface area contributed by atoms with Gasteiger partial charge in [-0.25, -0.2) is 0 Å². The summed E-state index contributed by atoms with van der Waals surface area (Å²) in [5, 5.41) is 4.76. The fourth-order valence-electron chi connectivity index (χ4n) is 2.68. The maximum absolute atomic E-state index is 12.9. The van der Waals surface area contributed by atoms with E-state index in [1.54, 1.807) is 67.0 Å². The molecule has 3 rings (SSSR count). The minimum atomic E-state index is -1.02. The van der Waals surface area contributed by atoms with Crippen molar-refractivity contribution in [2.45, 2.75) is 18.9 Å². The highest BCUT2D eigenvalue weighted by Gasteiger charge is 2.25. The van der Waals surface area contributed by atoms with Gasteiger partial charge in [-0.05, 0) is 30.0 Å². The predicted molar refractivity (Wildman–Crippen MR) is 110 cm³/mol. The fourth-order valence-corrected chi connectivity index (χ4v) is 3.39. The molecule has 0 bridgehead atoms. The second-order valence-corrected chi connectivity index (χ2v) is 7.11. The van der Waals surface area contributed by atoms with Crippen LogP contribution < -0.4 is 10.1 Å². The van der Waals surface area contributed by atoms with Crippen molar-refractivity contribution in [2.75, 3.05) is 12.4 Å². The quantitative estimate of drug-likeness (QED) is 0.566. The molecular weight excluding hydrogens is 374 g/mol. The van der Waals surface area contributed by atoms with Gasteiger partial charge in [-0.3, -0.25) is 9.59 Å². The Bertz CT molecular complexity index is 909. The number of amides is 1. The van der Waals surface area contributed by atoms with Crippen LogP contribution >= 0.6 is 11.3 Å². The van der Waals surface area contributed by atoms with Crippen LogP contribution in [0.25, 0.3) is 0 Å². The zero-order chi connectivity index (χ0) is 19.8. The van der Waals surface area contributed by atoms with Crippen LogP contribution in [0.4, 0.5) is 5.69 Å². The molecule has 5 nitrogen and oxygen atoms in total. The third-order valence-electron chi connectivity index (χ3n) is 4.08. The van der Waals surface area contributed by atoms with Crippen molar-refractivity contribution in [3.05, 3.63) is 82.6 Å². The summed E-state index contributed by atoms with van der Waals surface area (Å²) in [6.07, 6.45) is -0.213. The average Bonchev–Trinajstić information content (AvgIpc) is 3.25. The minimum absolute atomic E-state index is 0.219. The molecule has 0 fully saturated rings. The Morgan fingerprint density at radius 3 is 2.57 bits per heavy atom. The average molecular weight is 395 g/mol. The molecular formula is C22H21NO4S. The van der Waals surface area contributed by atoms with Gasteiger partial charge in [0.1, 0.15) is 5.75 Å². The summed E-state index contributed by atoms with van der Waals surface area (Å²) in [5.74, 6) is -0.200. The summed E-state index contributed by atoms with van der Waals surface area (Å²) in [6.45, 7) is 0. The molecule has 0 radical (unpaired) electrons. The van der Waals surface area contributed by atoms with Crippen molar-refractivity contribution in [1.29, 1.82) is 0 Å². The smallest absolute Gasteiger partial charge is 0.307 e. The van der Waals surface area contributed by atoms with Crippen LogP contribution in [0.1, 0.15) is 23.0 Å². The van der Waals surface area contributed by atoms with Gasteiger partial charge in [-0.1, -0.05) is 42.5 Å². The van der Waals surface area contributed by atoms with Crippen molar-refractivity contribution < 1.29 is 19.1 Å². The van der Waals surface area contributed by atoms with Crippen LogP contribution in [0, 0.1) is 0 Å². The lowest BCUT2D eigenvalue weighted by molar-refractivity contribution is -0.154. The third kappa shape index (κ3) is 5.44. The molecule has 1 atom stereocenters. The fraction of sp³-hybridized carbons (Fsp3) is 0.182. The molecule has 0 unspecified atom stereocenters. The first-order valence-electron chi connectivity index (χ1n) is 8.87. The van der Waals surface area contributed by atoms with Crippen LogP contribution in [0.2, 0.25) is 0 Å². The molecule has 2 aromatic carbocycles. The van der Waals surface area contributed by atoms with Gasteiger partial charge in [0.25, 0.3) is 5.91 Å². The van der Waals surface area contributed by atoms with E-state index in [1.165, 1.54) is 0 Å². The number of esters is 1. The highest BCUT2D eigenvalue weighted by atomic mass is 32.1. The Hall–Kier alpha value is -3.12. The minimum Gasteiger partial charge on any atom is -0.497 e. The van der Waals surface area contributed by atoms with Crippen LogP contribution in [-0.4, -0.2) is 19.0 Å². The van der Waals surface area contributed by atoms with Crippen molar-refractivity contribution in [3.63, 3.8) is 0 Å². The molecule has 0 saturated heterocycles. The number of anilines is 1. The molecule has 0 aliphatic rings. The predicted octanol–water partition coefficient (Wildman–Crippen LogP) is 4.61. The van der Waals surface area contributed by atoms with Gasteiger partial charge in [0.15, 0.2) is 0 Å². The van der Waals surface area contributed by atoms with Gasteiger partial charge in [0.2, 0.25) is 6.10 Å². The number of nitrogens with one attached hydrogen (secondary N) is 1. The molecule has 0 spiro atoms. The monoisotopic (exact) mass is 395 g/mol.